The number of rotatable bonds is 10. The number of ether oxygens (including phenoxy) is 1. The summed E-state index contributed by atoms with van der Waals surface area (Å²) in [6, 6.07) is 0. The summed E-state index contributed by atoms with van der Waals surface area (Å²) >= 11 is 0. The number of allylic oxidation sites excluding steroid dienone is 4. The molecule has 0 aromatic carbocycles. The van der Waals surface area contributed by atoms with Gasteiger partial charge in [-0.2, -0.15) is 0 Å². The van der Waals surface area contributed by atoms with Gasteiger partial charge in [0, 0.05) is 35.1 Å². The molecule has 5 unspecified atom stereocenters. The van der Waals surface area contributed by atoms with Crippen LogP contribution in [0.25, 0.3) is 0 Å². The van der Waals surface area contributed by atoms with Gasteiger partial charge in [0.1, 0.15) is 5.60 Å². The summed E-state index contributed by atoms with van der Waals surface area (Å²) in [5.41, 5.74) is -3.28. The maximum atomic E-state index is 13.4. The Labute approximate surface area is 245 Å². The molecule has 4 rings (SSSR count). The first-order valence-electron chi connectivity index (χ1n) is 14.7. The van der Waals surface area contributed by atoms with Crippen LogP contribution >= 0.6 is 0 Å². The minimum atomic E-state index is -1.78. The van der Waals surface area contributed by atoms with Gasteiger partial charge in [0.05, 0.1) is 12.5 Å². The Hall–Kier alpha value is -2.89. The molecule has 0 saturated heterocycles. The fourth-order valence-electron chi connectivity index (χ4n) is 8.19. The van der Waals surface area contributed by atoms with Crippen molar-refractivity contribution in [3.05, 3.63) is 23.8 Å². The van der Waals surface area contributed by atoms with E-state index in [0.29, 0.717) is 12.8 Å². The van der Waals surface area contributed by atoms with E-state index in [1.165, 1.54) is 13.8 Å². The molecule has 1 amide bonds. The van der Waals surface area contributed by atoms with Crippen molar-refractivity contribution in [1.29, 1.82) is 0 Å². The first-order valence-corrected chi connectivity index (χ1v) is 14.7. The van der Waals surface area contributed by atoms with Gasteiger partial charge < -0.3 is 30.5 Å². The van der Waals surface area contributed by atoms with Crippen molar-refractivity contribution in [3.8, 4) is 0 Å². The van der Waals surface area contributed by atoms with Crippen LogP contribution in [0.3, 0.4) is 0 Å². The van der Waals surface area contributed by atoms with E-state index in [2.05, 4.69) is 12.2 Å². The number of nitrogens with one attached hydrogen (secondary N) is 1. The highest BCUT2D eigenvalue weighted by atomic mass is 16.5. The van der Waals surface area contributed by atoms with Crippen molar-refractivity contribution in [2.24, 2.45) is 34.0 Å². The third kappa shape index (κ3) is 5.46. The Morgan fingerprint density at radius 2 is 1.86 bits per heavy atom. The molecule has 42 heavy (non-hydrogen) atoms. The maximum Gasteiger partial charge on any atom is 0.333 e. The fourth-order valence-corrected chi connectivity index (χ4v) is 8.19. The molecule has 5 N–H and O–H groups in total. The summed E-state index contributed by atoms with van der Waals surface area (Å²) in [4.78, 5) is 60.9. The zero-order valence-electron chi connectivity index (χ0n) is 24.7. The fraction of sp³-hybridized carbons (Fsp3) is 0.710. The predicted molar refractivity (Wildman–Crippen MR) is 149 cm³/mol. The monoisotopic (exact) mass is 589 g/mol. The normalized spacial score (nSPS) is 36.2. The Balaban J connectivity index is 1.33. The Bertz CT molecular complexity index is 1220. The lowest BCUT2D eigenvalue weighted by Gasteiger charge is -2.59. The second-order valence-electron chi connectivity index (χ2n) is 13.7. The highest BCUT2D eigenvalue weighted by Crippen LogP contribution is 2.67. The van der Waals surface area contributed by atoms with Crippen LogP contribution in [0.1, 0.15) is 72.6 Å². The van der Waals surface area contributed by atoms with Crippen LogP contribution in [0.15, 0.2) is 23.8 Å². The predicted octanol–water partition coefficient (Wildman–Crippen LogP) is 1.48. The lowest BCUT2D eigenvalue weighted by Crippen LogP contribution is -2.61. The molecular weight excluding hydrogens is 546 g/mol. The number of aliphatic hydroxyl groups is 3. The minimum absolute atomic E-state index is 0.0347. The summed E-state index contributed by atoms with van der Waals surface area (Å²) in [5.74, 6) is -3.57. The number of aliphatic carboxylic acids is 1. The van der Waals surface area contributed by atoms with Gasteiger partial charge in [0.15, 0.2) is 18.5 Å². The van der Waals surface area contributed by atoms with Crippen LogP contribution in [0.4, 0.5) is 0 Å². The number of fused-ring (bicyclic) bond motifs is 5. The highest BCUT2D eigenvalue weighted by molar-refractivity contribution is 6.01. The third-order valence-corrected chi connectivity index (χ3v) is 10.7. The van der Waals surface area contributed by atoms with Gasteiger partial charge in [-0.3, -0.25) is 19.2 Å². The Kier molecular flexibility index (Phi) is 8.63. The van der Waals surface area contributed by atoms with Gasteiger partial charge in [0.2, 0.25) is 11.7 Å². The number of hydrogen-bond acceptors (Lipinski definition) is 9. The van der Waals surface area contributed by atoms with Gasteiger partial charge in [-0.15, -0.1) is 0 Å². The number of carbonyl (C=O) groups excluding carboxylic acids is 4. The van der Waals surface area contributed by atoms with E-state index in [9.17, 15) is 39.3 Å². The van der Waals surface area contributed by atoms with Crippen molar-refractivity contribution in [3.63, 3.8) is 0 Å². The minimum Gasteiger partial charge on any atom is -0.479 e. The standard InChI is InChI=1S/C31H43NO10/c1-28(2,26(38)27(39)40)16-32-23(36)7-8-24(37)42-15-22(35)31(41)12-10-20-19-6-5-17-13-18(33)9-11-29(17,3)25(19)21(34)14-30(20,31)4/h9,11,13,19-21,25-26,34,38,41H,5-8,10,12,14-16H2,1-4H3,(H,32,36)(H,39,40)/t19?,20?,21?,25?,26?,29-,30-,31+/m0/s1. The summed E-state index contributed by atoms with van der Waals surface area (Å²) < 4.78 is 5.14. The number of carboxylic acids is 1. The van der Waals surface area contributed by atoms with Crippen molar-refractivity contribution < 1.29 is 49.1 Å². The van der Waals surface area contributed by atoms with E-state index in [0.717, 1.165) is 12.0 Å². The molecule has 0 aromatic rings. The molecule has 11 nitrogen and oxygen atoms in total. The van der Waals surface area contributed by atoms with Crippen molar-refractivity contribution in [1.82, 2.24) is 5.32 Å². The molecular formula is C31H43NO10. The lowest BCUT2D eigenvalue weighted by molar-refractivity contribution is -0.181. The van der Waals surface area contributed by atoms with Crippen molar-refractivity contribution in [2.45, 2.75) is 90.4 Å². The van der Waals surface area contributed by atoms with Crippen molar-refractivity contribution in [2.75, 3.05) is 13.2 Å². The number of carbonyl (C=O) groups is 5. The largest absolute Gasteiger partial charge is 0.479 e. The molecule has 4 aliphatic rings. The van der Waals surface area contributed by atoms with Crippen LogP contribution in [0.5, 0.6) is 0 Å². The number of amides is 1. The quantitative estimate of drug-likeness (QED) is 0.234. The number of ketones is 2. The summed E-state index contributed by atoms with van der Waals surface area (Å²) in [6.07, 6.45) is 4.50. The van der Waals surface area contributed by atoms with E-state index in [-0.39, 0.29) is 55.8 Å². The van der Waals surface area contributed by atoms with Crippen LogP contribution in [0.2, 0.25) is 0 Å². The number of hydrogen-bond donors (Lipinski definition) is 5. The molecule has 0 radical (unpaired) electrons. The van der Waals surface area contributed by atoms with Crippen LogP contribution in [-0.4, -0.2) is 80.8 Å². The molecule has 3 saturated carbocycles. The average molecular weight is 590 g/mol. The van der Waals surface area contributed by atoms with Gasteiger partial charge in [-0.1, -0.05) is 39.3 Å². The van der Waals surface area contributed by atoms with Crippen LogP contribution in [0, 0.1) is 34.0 Å². The average Bonchev–Trinajstić information content (AvgIpc) is 3.19. The van der Waals surface area contributed by atoms with Gasteiger partial charge in [0.25, 0.3) is 0 Å². The smallest absolute Gasteiger partial charge is 0.333 e. The zero-order chi connectivity index (χ0) is 31.3. The topological polar surface area (TPSA) is 188 Å². The summed E-state index contributed by atoms with van der Waals surface area (Å²) in [6.45, 7) is 6.07. The number of aliphatic hydroxyl groups excluding tert-OH is 2. The van der Waals surface area contributed by atoms with E-state index in [1.54, 1.807) is 12.2 Å². The van der Waals surface area contributed by atoms with Gasteiger partial charge in [-0.25, -0.2) is 4.79 Å². The SMILES string of the molecule is CC(C)(CNC(=O)CCC(=O)OCC(=O)[C@]1(O)CCC2C3CCC4=CC(=O)C=C[C@]4(C)C3C(O)C[C@@]21C)C(O)C(=O)O. The number of Topliss-reactive ketones (excluding diaryl/α,β-unsaturated/α-hetero) is 1. The second kappa shape index (κ2) is 11.3. The third-order valence-electron chi connectivity index (χ3n) is 10.7. The molecule has 0 aliphatic heterocycles. The molecule has 4 aliphatic carbocycles. The molecule has 0 aromatic heterocycles. The Morgan fingerprint density at radius 1 is 1.17 bits per heavy atom. The van der Waals surface area contributed by atoms with E-state index >= 15 is 0 Å². The summed E-state index contributed by atoms with van der Waals surface area (Å²) in [5, 5.41) is 44.4. The van der Waals surface area contributed by atoms with E-state index in [1.807, 2.05) is 13.0 Å². The van der Waals surface area contributed by atoms with Crippen LogP contribution < -0.4 is 5.32 Å². The molecule has 0 heterocycles. The highest BCUT2D eigenvalue weighted by Gasteiger charge is 2.68. The number of carboxylic acid groups (broad SMARTS) is 1. The second-order valence-corrected chi connectivity index (χ2v) is 13.7. The zero-order valence-corrected chi connectivity index (χ0v) is 24.7. The Morgan fingerprint density at radius 3 is 2.52 bits per heavy atom. The first kappa shape index (κ1) is 32.0. The lowest BCUT2D eigenvalue weighted by atomic mass is 9.46. The maximum absolute atomic E-state index is 13.4. The molecule has 232 valence electrons. The van der Waals surface area contributed by atoms with E-state index < -0.39 is 64.3 Å². The summed E-state index contributed by atoms with van der Waals surface area (Å²) in [7, 11) is 0. The van der Waals surface area contributed by atoms with E-state index in [4.69, 9.17) is 9.84 Å². The molecule has 8 atom stereocenters. The molecule has 0 bridgehead atoms. The number of esters is 1. The molecule has 3 fully saturated rings. The molecule has 0 spiro atoms. The van der Waals surface area contributed by atoms with Crippen LogP contribution in [-0.2, 0) is 28.7 Å². The molecule has 11 heteroatoms. The first-order chi connectivity index (χ1) is 19.5. The van der Waals surface area contributed by atoms with Gasteiger partial charge >= 0.3 is 11.9 Å². The van der Waals surface area contributed by atoms with Crippen molar-refractivity contribution >= 4 is 29.4 Å². The van der Waals surface area contributed by atoms with Gasteiger partial charge in [-0.05, 0) is 56.1 Å².